The molecule has 0 radical (unpaired) electrons. The van der Waals surface area contributed by atoms with Crippen molar-refractivity contribution < 1.29 is 23.8 Å². The van der Waals surface area contributed by atoms with Crippen LogP contribution >= 0.6 is 11.6 Å². The molecule has 3 aromatic carbocycles. The number of nitrogens with zero attached hydrogens (tertiary/aromatic N) is 1. The summed E-state index contributed by atoms with van der Waals surface area (Å²) in [5.74, 6) is -2.14. The summed E-state index contributed by atoms with van der Waals surface area (Å²) in [5, 5.41) is 11.5. The Bertz CT molecular complexity index is 1250. The molecule has 1 saturated heterocycles. The fraction of sp³-hybridized carbons (Fsp3) is 0.120. The number of ether oxygens (including phenoxy) is 1. The first-order valence-electron chi connectivity index (χ1n) is 9.79. The SMILES string of the molecule is COc1cc(/C(O)=C2/C(=O)C(=O)N(c3ccccc3C)C2c2ccc(F)cc2)ccc1Cl. The van der Waals surface area contributed by atoms with Gasteiger partial charge in [-0.2, -0.15) is 0 Å². The van der Waals surface area contributed by atoms with Gasteiger partial charge < -0.3 is 9.84 Å². The Kier molecular flexibility index (Phi) is 5.72. The summed E-state index contributed by atoms with van der Waals surface area (Å²) in [4.78, 5) is 27.6. The second-order valence-electron chi connectivity index (χ2n) is 7.36. The standard InChI is InChI=1S/C25H19ClFNO4/c1-14-5-3-4-6-19(14)28-22(15-7-10-17(27)11-8-15)21(24(30)25(28)31)23(29)16-9-12-18(26)20(13-16)32-2/h3-13,22,29H,1-2H3/b23-21-. The minimum absolute atomic E-state index is 0.103. The van der Waals surface area contributed by atoms with Gasteiger partial charge in [-0.05, 0) is 54.4 Å². The van der Waals surface area contributed by atoms with E-state index >= 15 is 0 Å². The van der Waals surface area contributed by atoms with Crippen LogP contribution in [0.2, 0.25) is 5.02 Å². The normalized spacial score (nSPS) is 17.6. The number of carbonyl (C=O) groups is 2. The molecular formula is C25H19ClFNO4. The maximum atomic E-state index is 13.6. The lowest BCUT2D eigenvalue weighted by atomic mass is 9.95. The molecule has 1 unspecified atom stereocenters. The molecule has 32 heavy (non-hydrogen) atoms. The number of rotatable bonds is 4. The summed E-state index contributed by atoms with van der Waals surface area (Å²) in [5.41, 5.74) is 1.94. The summed E-state index contributed by atoms with van der Waals surface area (Å²) >= 11 is 6.09. The van der Waals surface area contributed by atoms with E-state index in [1.54, 1.807) is 12.1 Å². The predicted octanol–water partition coefficient (Wildman–Crippen LogP) is 5.42. The van der Waals surface area contributed by atoms with Crippen molar-refractivity contribution in [3.63, 3.8) is 0 Å². The molecule has 7 heteroatoms. The minimum Gasteiger partial charge on any atom is -0.507 e. The van der Waals surface area contributed by atoms with E-state index in [9.17, 15) is 19.1 Å². The van der Waals surface area contributed by atoms with Crippen LogP contribution in [0.1, 0.15) is 22.7 Å². The van der Waals surface area contributed by atoms with Gasteiger partial charge in [0.1, 0.15) is 17.3 Å². The summed E-state index contributed by atoms with van der Waals surface area (Å²) in [6.07, 6.45) is 0. The third kappa shape index (κ3) is 3.63. The number of halogens is 2. The van der Waals surface area contributed by atoms with Crippen LogP contribution < -0.4 is 9.64 Å². The Balaban J connectivity index is 1.97. The lowest BCUT2D eigenvalue weighted by Gasteiger charge is -2.26. The monoisotopic (exact) mass is 451 g/mol. The van der Waals surface area contributed by atoms with Crippen molar-refractivity contribution in [2.75, 3.05) is 12.0 Å². The van der Waals surface area contributed by atoms with Crippen molar-refractivity contribution in [2.45, 2.75) is 13.0 Å². The Morgan fingerprint density at radius 3 is 2.41 bits per heavy atom. The van der Waals surface area contributed by atoms with Gasteiger partial charge in [0.25, 0.3) is 11.7 Å². The molecule has 1 N–H and O–H groups in total. The van der Waals surface area contributed by atoms with Crippen LogP contribution in [0.3, 0.4) is 0 Å². The first kappa shape index (κ1) is 21.6. The van der Waals surface area contributed by atoms with Crippen LogP contribution in [0.15, 0.2) is 72.3 Å². The fourth-order valence-electron chi connectivity index (χ4n) is 3.84. The molecule has 0 spiro atoms. The number of aliphatic hydroxyl groups excluding tert-OH is 1. The van der Waals surface area contributed by atoms with Gasteiger partial charge in [0.2, 0.25) is 0 Å². The maximum Gasteiger partial charge on any atom is 0.300 e. The van der Waals surface area contributed by atoms with Gasteiger partial charge in [-0.25, -0.2) is 4.39 Å². The van der Waals surface area contributed by atoms with E-state index < -0.39 is 23.5 Å². The molecule has 1 aliphatic heterocycles. The van der Waals surface area contributed by atoms with Crippen LogP contribution in [0.25, 0.3) is 5.76 Å². The van der Waals surface area contributed by atoms with Crippen LogP contribution in [0, 0.1) is 12.7 Å². The number of aliphatic hydroxyl groups is 1. The van der Waals surface area contributed by atoms with Gasteiger partial charge in [0.15, 0.2) is 0 Å². The van der Waals surface area contributed by atoms with E-state index in [-0.39, 0.29) is 16.9 Å². The highest BCUT2D eigenvalue weighted by molar-refractivity contribution is 6.51. The lowest BCUT2D eigenvalue weighted by molar-refractivity contribution is -0.132. The number of anilines is 1. The van der Waals surface area contributed by atoms with Crippen LogP contribution in [-0.2, 0) is 9.59 Å². The van der Waals surface area contributed by atoms with Gasteiger partial charge in [0, 0.05) is 11.3 Å². The van der Waals surface area contributed by atoms with Crippen molar-refractivity contribution in [1.29, 1.82) is 0 Å². The molecule has 5 nitrogen and oxygen atoms in total. The van der Waals surface area contributed by atoms with E-state index in [0.29, 0.717) is 22.0 Å². The summed E-state index contributed by atoms with van der Waals surface area (Å²) < 4.78 is 18.8. The first-order chi connectivity index (χ1) is 15.3. The number of aryl methyl sites for hydroxylation is 1. The largest absolute Gasteiger partial charge is 0.507 e. The van der Waals surface area contributed by atoms with Gasteiger partial charge in [-0.1, -0.05) is 41.9 Å². The maximum absolute atomic E-state index is 13.6. The second-order valence-corrected chi connectivity index (χ2v) is 7.76. The zero-order chi connectivity index (χ0) is 23.0. The molecule has 4 rings (SSSR count). The van der Waals surface area contributed by atoms with Crippen LogP contribution in [0.4, 0.5) is 10.1 Å². The first-order valence-corrected chi connectivity index (χ1v) is 10.2. The van der Waals surface area contributed by atoms with E-state index in [4.69, 9.17) is 16.3 Å². The highest BCUT2D eigenvalue weighted by Gasteiger charge is 2.47. The second kappa shape index (κ2) is 8.48. The van der Waals surface area contributed by atoms with Crippen LogP contribution in [-0.4, -0.2) is 23.9 Å². The number of ketones is 1. The number of carbonyl (C=O) groups excluding carboxylic acids is 2. The quantitative estimate of drug-likeness (QED) is 0.326. The lowest BCUT2D eigenvalue weighted by Crippen LogP contribution is -2.30. The van der Waals surface area contributed by atoms with Gasteiger partial charge in [-0.3, -0.25) is 14.5 Å². The van der Waals surface area contributed by atoms with Crippen LogP contribution in [0.5, 0.6) is 5.75 Å². The number of hydrogen-bond acceptors (Lipinski definition) is 4. The summed E-state index contributed by atoms with van der Waals surface area (Å²) in [6, 6.07) is 16.2. The number of hydrogen-bond donors (Lipinski definition) is 1. The summed E-state index contributed by atoms with van der Waals surface area (Å²) in [7, 11) is 1.43. The molecule has 1 fully saturated rings. The van der Waals surface area contributed by atoms with Crippen molar-refractivity contribution in [3.05, 3.63) is 99.8 Å². The Morgan fingerprint density at radius 2 is 1.75 bits per heavy atom. The number of amides is 1. The molecule has 0 bridgehead atoms. The molecule has 1 heterocycles. The zero-order valence-electron chi connectivity index (χ0n) is 17.3. The highest BCUT2D eigenvalue weighted by Crippen LogP contribution is 2.43. The average Bonchev–Trinajstić information content (AvgIpc) is 3.05. The van der Waals surface area contributed by atoms with Crippen molar-refractivity contribution in [2.24, 2.45) is 0 Å². The molecule has 0 saturated carbocycles. The van der Waals surface area contributed by atoms with Crippen molar-refractivity contribution in [1.82, 2.24) is 0 Å². The topological polar surface area (TPSA) is 66.8 Å². The molecule has 1 aliphatic rings. The van der Waals surface area contributed by atoms with E-state index in [0.717, 1.165) is 5.56 Å². The van der Waals surface area contributed by atoms with Gasteiger partial charge >= 0.3 is 0 Å². The minimum atomic E-state index is -0.946. The molecule has 162 valence electrons. The molecule has 0 aromatic heterocycles. The average molecular weight is 452 g/mol. The van der Waals surface area contributed by atoms with Gasteiger partial charge in [0.05, 0.1) is 23.7 Å². The third-order valence-electron chi connectivity index (χ3n) is 5.43. The van der Waals surface area contributed by atoms with Gasteiger partial charge in [-0.15, -0.1) is 0 Å². The number of para-hydroxylation sites is 1. The third-order valence-corrected chi connectivity index (χ3v) is 5.74. The van der Waals surface area contributed by atoms with Crippen molar-refractivity contribution in [3.8, 4) is 5.75 Å². The molecule has 3 aromatic rings. The number of benzene rings is 3. The molecule has 1 atom stereocenters. The van der Waals surface area contributed by atoms with Crippen molar-refractivity contribution >= 4 is 34.7 Å². The Hall–Kier alpha value is -3.64. The fourth-order valence-corrected chi connectivity index (χ4v) is 4.03. The summed E-state index contributed by atoms with van der Waals surface area (Å²) in [6.45, 7) is 1.82. The Morgan fingerprint density at radius 1 is 1.06 bits per heavy atom. The van der Waals surface area contributed by atoms with E-state index in [2.05, 4.69) is 0 Å². The molecule has 1 amide bonds. The number of Topliss-reactive ketones (excluding diaryl/α,β-unsaturated/α-hetero) is 1. The predicted molar refractivity (Wildman–Crippen MR) is 120 cm³/mol. The van der Waals surface area contributed by atoms with E-state index in [1.165, 1.54) is 54.5 Å². The smallest absolute Gasteiger partial charge is 0.300 e. The Labute approximate surface area is 189 Å². The molecular weight excluding hydrogens is 433 g/mol. The number of methoxy groups -OCH3 is 1. The zero-order valence-corrected chi connectivity index (χ0v) is 18.1. The molecule has 0 aliphatic carbocycles. The highest BCUT2D eigenvalue weighted by atomic mass is 35.5. The van der Waals surface area contributed by atoms with E-state index in [1.807, 2.05) is 19.1 Å².